The van der Waals surface area contributed by atoms with Crippen LogP contribution in [0.2, 0.25) is 0 Å². The fraction of sp³-hybridized carbons (Fsp3) is 0.929. The fourth-order valence-corrected chi connectivity index (χ4v) is 6.52. The smallest absolute Gasteiger partial charge is 0.223 e. The van der Waals surface area contributed by atoms with Gasteiger partial charge in [-0.05, 0) is 86.9 Å². The third-order valence-electron chi connectivity index (χ3n) is 9.07. The summed E-state index contributed by atoms with van der Waals surface area (Å²) in [6.07, 6.45) is 12.9. The zero-order valence-corrected chi connectivity index (χ0v) is 21.8. The summed E-state index contributed by atoms with van der Waals surface area (Å²) < 4.78 is 0. The summed E-state index contributed by atoms with van der Waals surface area (Å²) >= 11 is 0. The highest BCUT2D eigenvalue weighted by molar-refractivity contribution is 5.80. The Hall–Kier alpha value is -1.06. The maximum absolute atomic E-state index is 13.1. The molecule has 32 heavy (non-hydrogen) atoms. The zero-order chi connectivity index (χ0) is 23.5. The van der Waals surface area contributed by atoms with Gasteiger partial charge in [0.2, 0.25) is 11.8 Å². The van der Waals surface area contributed by atoms with E-state index >= 15 is 0 Å². The SMILES string of the molecule is CC(C)(C)C1CCC(C(=O)NC2CCCCC2NC(=O)C2CCC(C(C)(C)C)CC2)CC1. The van der Waals surface area contributed by atoms with Crippen molar-refractivity contribution >= 4 is 11.8 Å². The van der Waals surface area contributed by atoms with Crippen LogP contribution in [0.5, 0.6) is 0 Å². The van der Waals surface area contributed by atoms with E-state index in [0.717, 1.165) is 88.9 Å². The number of hydrogen-bond donors (Lipinski definition) is 2. The van der Waals surface area contributed by atoms with Crippen molar-refractivity contribution in [3.05, 3.63) is 0 Å². The summed E-state index contributed by atoms with van der Waals surface area (Å²) in [6.45, 7) is 13.9. The van der Waals surface area contributed by atoms with Crippen molar-refractivity contribution in [1.82, 2.24) is 10.6 Å². The largest absolute Gasteiger partial charge is 0.351 e. The molecule has 2 amide bonds. The number of amides is 2. The Morgan fingerprint density at radius 3 is 1.12 bits per heavy atom. The molecule has 4 nitrogen and oxygen atoms in total. The van der Waals surface area contributed by atoms with E-state index < -0.39 is 0 Å². The van der Waals surface area contributed by atoms with E-state index in [-0.39, 0.29) is 35.7 Å². The first-order valence-corrected chi connectivity index (χ1v) is 13.6. The summed E-state index contributed by atoms with van der Waals surface area (Å²) in [6, 6.07) is 0.206. The van der Waals surface area contributed by atoms with E-state index in [0.29, 0.717) is 10.8 Å². The molecule has 0 heterocycles. The lowest BCUT2D eigenvalue weighted by Gasteiger charge is -2.39. The van der Waals surface area contributed by atoms with Crippen LogP contribution in [0.3, 0.4) is 0 Å². The minimum absolute atomic E-state index is 0.103. The highest BCUT2D eigenvalue weighted by Crippen LogP contribution is 2.41. The average Bonchev–Trinajstić information content (AvgIpc) is 2.74. The summed E-state index contributed by atoms with van der Waals surface area (Å²) in [4.78, 5) is 26.1. The molecule has 4 heteroatoms. The predicted octanol–water partition coefficient (Wildman–Crippen LogP) is 6.24. The van der Waals surface area contributed by atoms with Crippen LogP contribution >= 0.6 is 0 Å². The van der Waals surface area contributed by atoms with Crippen molar-refractivity contribution in [2.24, 2.45) is 34.5 Å². The molecule has 2 unspecified atom stereocenters. The quantitative estimate of drug-likeness (QED) is 0.537. The van der Waals surface area contributed by atoms with Crippen molar-refractivity contribution in [2.75, 3.05) is 0 Å². The summed E-state index contributed by atoms with van der Waals surface area (Å²) in [5.41, 5.74) is 0.679. The highest BCUT2D eigenvalue weighted by atomic mass is 16.2. The summed E-state index contributed by atoms with van der Waals surface area (Å²) in [7, 11) is 0. The van der Waals surface area contributed by atoms with Crippen LogP contribution in [0.4, 0.5) is 0 Å². The maximum Gasteiger partial charge on any atom is 0.223 e. The molecule has 0 spiro atoms. The summed E-state index contributed by atoms with van der Waals surface area (Å²) in [5, 5.41) is 6.75. The molecule has 2 N–H and O–H groups in total. The first-order chi connectivity index (χ1) is 14.9. The van der Waals surface area contributed by atoms with Crippen molar-refractivity contribution in [1.29, 1.82) is 0 Å². The third-order valence-corrected chi connectivity index (χ3v) is 9.07. The molecule has 3 aliphatic rings. The Morgan fingerprint density at radius 1 is 0.531 bits per heavy atom. The zero-order valence-electron chi connectivity index (χ0n) is 21.8. The highest BCUT2D eigenvalue weighted by Gasteiger charge is 2.36. The van der Waals surface area contributed by atoms with Gasteiger partial charge >= 0.3 is 0 Å². The van der Waals surface area contributed by atoms with Gasteiger partial charge in [0.1, 0.15) is 0 Å². The van der Waals surface area contributed by atoms with Crippen molar-refractivity contribution < 1.29 is 9.59 Å². The molecule has 0 radical (unpaired) electrons. The predicted molar refractivity (Wildman–Crippen MR) is 132 cm³/mol. The van der Waals surface area contributed by atoms with Crippen LogP contribution < -0.4 is 10.6 Å². The lowest BCUT2D eigenvalue weighted by Crippen LogP contribution is -2.55. The molecule has 0 bridgehead atoms. The van der Waals surface area contributed by atoms with Gasteiger partial charge in [-0.25, -0.2) is 0 Å². The second-order valence-corrected chi connectivity index (χ2v) is 13.3. The van der Waals surface area contributed by atoms with E-state index in [9.17, 15) is 9.59 Å². The van der Waals surface area contributed by atoms with Gasteiger partial charge in [0, 0.05) is 23.9 Å². The van der Waals surface area contributed by atoms with E-state index in [4.69, 9.17) is 0 Å². The van der Waals surface area contributed by atoms with Crippen LogP contribution in [-0.4, -0.2) is 23.9 Å². The minimum Gasteiger partial charge on any atom is -0.351 e. The Balaban J connectivity index is 1.48. The summed E-state index contributed by atoms with van der Waals surface area (Å²) in [5.74, 6) is 2.21. The molecular weight excluding hydrogens is 396 g/mol. The lowest BCUT2D eigenvalue weighted by molar-refractivity contribution is -0.130. The molecule has 3 fully saturated rings. The fourth-order valence-electron chi connectivity index (χ4n) is 6.52. The number of nitrogens with one attached hydrogen (secondary N) is 2. The molecule has 0 aliphatic heterocycles. The van der Waals surface area contributed by atoms with E-state index in [1.807, 2.05) is 0 Å². The number of hydrogen-bond acceptors (Lipinski definition) is 2. The van der Waals surface area contributed by atoms with Crippen molar-refractivity contribution in [2.45, 2.75) is 131 Å². The topological polar surface area (TPSA) is 58.2 Å². The van der Waals surface area contributed by atoms with E-state index in [1.54, 1.807) is 0 Å². The Morgan fingerprint density at radius 2 is 0.844 bits per heavy atom. The standard InChI is InChI=1S/C28H50N2O2/c1-27(2,3)21-15-11-19(12-16-21)25(31)29-23-9-7-8-10-24(23)30-26(32)20-13-17-22(18-14-20)28(4,5)6/h19-24H,7-18H2,1-6H3,(H,29,31)(H,30,32). The normalized spacial score (nSPS) is 34.6. The molecule has 0 aromatic heterocycles. The molecule has 0 saturated heterocycles. The van der Waals surface area contributed by atoms with Crippen LogP contribution in [-0.2, 0) is 9.59 Å². The third kappa shape index (κ3) is 6.73. The number of carbonyl (C=O) groups is 2. The lowest BCUT2D eigenvalue weighted by atomic mass is 9.69. The van der Waals surface area contributed by atoms with Gasteiger partial charge < -0.3 is 10.6 Å². The van der Waals surface area contributed by atoms with Gasteiger partial charge in [0.15, 0.2) is 0 Å². The van der Waals surface area contributed by atoms with Crippen LogP contribution in [0.15, 0.2) is 0 Å². The van der Waals surface area contributed by atoms with Crippen LogP contribution in [0, 0.1) is 34.5 Å². The van der Waals surface area contributed by atoms with E-state index in [2.05, 4.69) is 52.2 Å². The molecule has 3 rings (SSSR count). The van der Waals surface area contributed by atoms with Crippen molar-refractivity contribution in [3.8, 4) is 0 Å². The Kier molecular flexibility index (Phi) is 8.36. The van der Waals surface area contributed by atoms with Crippen LogP contribution in [0.1, 0.15) is 119 Å². The molecule has 3 saturated carbocycles. The minimum atomic E-state index is 0.103. The molecule has 3 aliphatic carbocycles. The molecule has 0 aromatic carbocycles. The van der Waals surface area contributed by atoms with Gasteiger partial charge in [0.25, 0.3) is 0 Å². The van der Waals surface area contributed by atoms with Gasteiger partial charge in [-0.15, -0.1) is 0 Å². The molecule has 2 atom stereocenters. The average molecular weight is 447 g/mol. The maximum atomic E-state index is 13.1. The van der Waals surface area contributed by atoms with Gasteiger partial charge in [-0.2, -0.15) is 0 Å². The number of carbonyl (C=O) groups excluding carboxylic acids is 2. The molecule has 184 valence electrons. The first-order valence-electron chi connectivity index (χ1n) is 13.6. The Labute approximate surface area is 197 Å². The molecular formula is C28H50N2O2. The second kappa shape index (κ2) is 10.5. The second-order valence-electron chi connectivity index (χ2n) is 13.3. The van der Waals surface area contributed by atoms with Crippen molar-refractivity contribution in [3.63, 3.8) is 0 Å². The first kappa shape index (κ1) is 25.6. The number of rotatable bonds is 4. The van der Waals surface area contributed by atoms with Gasteiger partial charge in [-0.3, -0.25) is 9.59 Å². The van der Waals surface area contributed by atoms with Gasteiger partial charge in [-0.1, -0.05) is 54.4 Å². The monoisotopic (exact) mass is 446 g/mol. The van der Waals surface area contributed by atoms with Gasteiger partial charge in [0.05, 0.1) is 0 Å². The van der Waals surface area contributed by atoms with E-state index in [1.165, 1.54) is 0 Å². The Bertz CT molecular complexity index is 573. The van der Waals surface area contributed by atoms with Crippen LogP contribution in [0.25, 0.3) is 0 Å². The molecule has 0 aromatic rings.